The van der Waals surface area contributed by atoms with E-state index in [0.29, 0.717) is 18.7 Å². The molecule has 1 heterocycles. The molecule has 1 aromatic carbocycles. The van der Waals surface area contributed by atoms with E-state index in [1.807, 2.05) is 18.2 Å². The van der Waals surface area contributed by atoms with Crippen LogP contribution in [-0.2, 0) is 9.59 Å². The van der Waals surface area contributed by atoms with Gasteiger partial charge in [0.1, 0.15) is 0 Å². The molecule has 8 heteroatoms. The molecule has 2 rings (SSSR count). The number of hydrogen-bond acceptors (Lipinski definition) is 5. The SMILES string of the molecule is O=C(CNCCNC(=O)c1ccccc1)NC1CCNC1.O=CO. The van der Waals surface area contributed by atoms with Gasteiger partial charge in [-0.3, -0.25) is 14.4 Å². The molecule has 2 amide bonds. The molecule has 1 fully saturated rings. The number of carbonyl (C=O) groups is 3. The second-order valence-corrected chi connectivity index (χ2v) is 5.16. The number of amides is 2. The number of hydrogen-bond donors (Lipinski definition) is 5. The standard InChI is InChI=1S/C15H22N4O2.CH2O2/c20-14(19-13-6-7-16-10-13)11-17-8-9-18-15(21)12-4-2-1-3-5-12;2-1-3/h1-5,13,16-17H,6-11H2,(H,18,21)(H,19,20);1H,(H,2,3). The fraction of sp³-hybridized carbons (Fsp3) is 0.438. The highest BCUT2D eigenvalue weighted by Gasteiger charge is 2.15. The molecule has 0 aliphatic carbocycles. The summed E-state index contributed by atoms with van der Waals surface area (Å²) >= 11 is 0. The average molecular weight is 336 g/mol. The van der Waals surface area contributed by atoms with E-state index in [1.54, 1.807) is 12.1 Å². The third-order valence-electron chi connectivity index (χ3n) is 3.33. The van der Waals surface area contributed by atoms with Crippen molar-refractivity contribution in [2.75, 3.05) is 32.7 Å². The summed E-state index contributed by atoms with van der Waals surface area (Å²) in [7, 11) is 0. The average Bonchev–Trinajstić information content (AvgIpc) is 3.09. The summed E-state index contributed by atoms with van der Waals surface area (Å²) < 4.78 is 0. The maximum absolute atomic E-state index is 11.7. The summed E-state index contributed by atoms with van der Waals surface area (Å²) in [6, 6.07) is 9.32. The lowest BCUT2D eigenvalue weighted by molar-refractivity contribution is -0.123. The maximum Gasteiger partial charge on any atom is 0.290 e. The van der Waals surface area contributed by atoms with E-state index in [2.05, 4.69) is 21.3 Å². The predicted molar refractivity (Wildman–Crippen MR) is 89.8 cm³/mol. The van der Waals surface area contributed by atoms with Gasteiger partial charge in [0.05, 0.1) is 6.54 Å². The molecule has 1 aliphatic heterocycles. The van der Waals surface area contributed by atoms with Crippen LogP contribution < -0.4 is 21.3 Å². The third-order valence-corrected chi connectivity index (χ3v) is 3.33. The van der Waals surface area contributed by atoms with Crippen molar-refractivity contribution in [2.45, 2.75) is 12.5 Å². The van der Waals surface area contributed by atoms with E-state index in [9.17, 15) is 9.59 Å². The molecule has 1 aliphatic rings. The van der Waals surface area contributed by atoms with Crippen LogP contribution in [0.15, 0.2) is 30.3 Å². The van der Waals surface area contributed by atoms with Crippen molar-refractivity contribution in [3.8, 4) is 0 Å². The molecule has 1 unspecified atom stereocenters. The first kappa shape index (κ1) is 19.6. The number of rotatable bonds is 7. The first-order valence-electron chi connectivity index (χ1n) is 7.79. The Labute approximate surface area is 141 Å². The van der Waals surface area contributed by atoms with Crippen molar-refractivity contribution in [2.24, 2.45) is 0 Å². The topological polar surface area (TPSA) is 120 Å². The summed E-state index contributed by atoms with van der Waals surface area (Å²) in [5.74, 6) is -0.100. The van der Waals surface area contributed by atoms with Crippen LogP contribution in [0.25, 0.3) is 0 Å². The Morgan fingerprint density at radius 3 is 2.58 bits per heavy atom. The van der Waals surface area contributed by atoms with Gasteiger partial charge in [0.2, 0.25) is 5.91 Å². The van der Waals surface area contributed by atoms with Crippen LogP contribution in [-0.4, -0.2) is 62.2 Å². The zero-order valence-electron chi connectivity index (χ0n) is 13.5. The number of carbonyl (C=O) groups excluding carboxylic acids is 2. The quantitative estimate of drug-likeness (QED) is 0.328. The van der Waals surface area contributed by atoms with Gasteiger partial charge in [-0.1, -0.05) is 18.2 Å². The van der Waals surface area contributed by atoms with Gasteiger partial charge in [-0.25, -0.2) is 0 Å². The molecule has 0 spiro atoms. The van der Waals surface area contributed by atoms with Crippen LogP contribution in [0.3, 0.4) is 0 Å². The van der Waals surface area contributed by atoms with Crippen LogP contribution in [0.2, 0.25) is 0 Å². The van der Waals surface area contributed by atoms with Crippen molar-refractivity contribution >= 4 is 18.3 Å². The van der Waals surface area contributed by atoms with E-state index in [-0.39, 0.29) is 30.9 Å². The highest BCUT2D eigenvalue weighted by atomic mass is 16.3. The Bertz CT molecular complexity index is 504. The monoisotopic (exact) mass is 336 g/mol. The van der Waals surface area contributed by atoms with E-state index >= 15 is 0 Å². The van der Waals surface area contributed by atoms with Crippen molar-refractivity contribution in [3.63, 3.8) is 0 Å². The molecule has 0 bridgehead atoms. The van der Waals surface area contributed by atoms with E-state index in [1.165, 1.54) is 0 Å². The molecular formula is C16H24N4O4. The maximum atomic E-state index is 11.7. The second-order valence-electron chi connectivity index (χ2n) is 5.16. The molecule has 1 aromatic rings. The van der Waals surface area contributed by atoms with Crippen LogP contribution in [0.5, 0.6) is 0 Å². The van der Waals surface area contributed by atoms with E-state index in [0.717, 1.165) is 19.5 Å². The summed E-state index contributed by atoms with van der Waals surface area (Å²) in [4.78, 5) is 31.7. The Morgan fingerprint density at radius 1 is 1.25 bits per heavy atom. The van der Waals surface area contributed by atoms with Gasteiger partial charge >= 0.3 is 0 Å². The summed E-state index contributed by atoms with van der Waals surface area (Å²) in [6.45, 7) is 2.89. The molecule has 5 N–H and O–H groups in total. The van der Waals surface area contributed by atoms with Crippen LogP contribution >= 0.6 is 0 Å². The minimum atomic E-state index is -0.250. The van der Waals surface area contributed by atoms with Gasteiger partial charge in [0.25, 0.3) is 12.4 Å². The highest BCUT2D eigenvalue weighted by Crippen LogP contribution is 1.97. The van der Waals surface area contributed by atoms with Gasteiger partial charge in [0, 0.05) is 31.2 Å². The number of benzene rings is 1. The minimum Gasteiger partial charge on any atom is -0.483 e. The Hall–Kier alpha value is -2.45. The zero-order chi connectivity index (χ0) is 17.6. The molecule has 24 heavy (non-hydrogen) atoms. The molecule has 0 saturated carbocycles. The lowest BCUT2D eigenvalue weighted by atomic mass is 10.2. The minimum absolute atomic E-state index is 0.00177. The fourth-order valence-electron chi connectivity index (χ4n) is 2.21. The van der Waals surface area contributed by atoms with Crippen molar-refractivity contribution in [1.29, 1.82) is 0 Å². The Kier molecular flexibility index (Phi) is 9.82. The number of nitrogens with one attached hydrogen (secondary N) is 4. The van der Waals surface area contributed by atoms with Gasteiger partial charge in [-0.2, -0.15) is 0 Å². The number of carboxylic acid groups (broad SMARTS) is 1. The van der Waals surface area contributed by atoms with Crippen LogP contribution in [0, 0.1) is 0 Å². The van der Waals surface area contributed by atoms with Crippen molar-refractivity contribution < 1.29 is 19.5 Å². The molecule has 1 atom stereocenters. The van der Waals surface area contributed by atoms with Crippen molar-refractivity contribution in [3.05, 3.63) is 35.9 Å². The first-order valence-corrected chi connectivity index (χ1v) is 7.79. The van der Waals surface area contributed by atoms with Gasteiger partial charge in [-0.05, 0) is 25.1 Å². The molecule has 1 saturated heterocycles. The van der Waals surface area contributed by atoms with Crippen molar-refractivity contribution in [1.82, 2.24) is 21.3 Å². The molecule has 8 nitrogen and oxygen atoms in total. The molecule has 0 aromatic heterocycles. The summed E-state index contributed by atoms with van der Waals surface area (Å²) in [5.41, 5.74) is 0.643. The molecule has 0 radical (unpaired) electrons. The molecular weight excluding hydrogens is 312 g/mol. The Balaban J connectivity index is 0.000000891. The van der Waals surface area contributed by atoms with Gasteiger partial charge in [-0.15, -0.1) is 0 Å². The summed E-state index contributed by atoms with van der Waals surface area (Å²) in [6.07, 6.45) is 0.985. The highest BCUT2D eigenvalue weighted by molar-refractivity contribution is 5.94. The van der Waals surface area contributed by atoms with E-state index in [4.69, 9.17) is 9.90 Å². The first-order chi connectivity index (χ1) is 11.7. The van der Waals surface area contributed by atoms with Crippen LogP contribution in [0.1, 0.15) is 16.8 Å². The smallest absolute Gasteiger partial charge is 0.290 e. The second kappa shape index (κ2) is 12.0. The van der Waals surface area contributed by atoms with Gasteiger partial charge in [0.15, 0.2) is 0 Å². The normalized spacial score (nSPS) is 15.8. The van der Waals surface area contributed by atoms with Gasteiger partial charge < -0.3 is 26.4 Å². The zero-order valence-corrected chi connectivity index (χ0v) is 13.5. The molecule has 132 valence electrons. The third kappa shape index (κ3) is 8.25. The fourth-order valence-corrected chi connectivity index (χ4v) is 2.21. The summed E-state index contributed by atoms with van der Waals surface area (Å²) in [5, 5.41) is 18.9. The largest absolute Gasteiger partial charge is 0.483 e. The lowest BCUT2D eigenvalue weighted by Crippen LogP contribution is -2.42. The van der Waals surface area contributed by atoms with Crippen LogP contribution in [0.4, 0.5) is 0 Å². The van der Waals surface area contributed by atoms with E-state index < -0.39 is 0 Å². The Morgan fingerprint density at radius 2 is 1.96 bits per heavy atom. The lowest BCUT2D eigenvalue weighted by Gasteiger charge is -2.12. The predicted octanol–water partition coefficient (Wildman–Crippen LogP) is -0.815.